The molecule has 8 nitrogen and oxygen atoms in total. The van der Waals surface area contributed by atoms with E-state index >= 15 is 0 Å². The number of rotatable bonds is 9. The third-order valence-corrected chi connectivity index (χ3v) is 5.71. The van der Waals surface area contributed by atoms with E-state index in [1.54, 1.807) is 31.2 Å². The quantitative estimate of drug-likeness (QED) is 0.450. The van der Waals surface area contributed by atoms with Crippen LogP contribution in [0.3, 0.4) is 0 Å². The lowest BCUT2D eigenvalue weighted by molar-refractivity contribution is -0.162. The Hall–Kier alpha value is -3.68. The number of methoxy groups -OCH3 is 2. The second-order valence-electron chi connectivity index (χ2n) is 7.59. The number of nitrogens with one attached hydrogen (secondary N) is 1. The Morgan fingerprint density at radius 1 is 0.844 bits per heavy atom. The van der Waals surface area contributed by atoms with Crippen LogP contribution in [-0.2, 0) is 34.1 Å². The average molecular weight is 440 g/mol. The SMILES string of the molecule is COC(=O)C(C(=O)OC)[C@@H](C)[C@@H](NC(=O)C(C)(c1ccccc1)c1ccccc1)C(N)=O. The van der Waals surface area contributed by atoms with Gasteiger partial charge in [0.05, 0.1) is 19.6 Å². The summed E-state index contributed by atoms with van der Waals surface area (Å²) in [6.45, 7) is 3.18. The van der Waals surface area contributed by atoms with Crippen LogP contribution in [-0.4, -0.2) is 44.0 Å². The normalized spacial score (nSPS) is 13.0. The fraction of sp³-hybridized carbons (Fsp3) is 0.333. The lowest BCUT2D eigenvalue weighted by Gasteiger charge is -2.33. The fourth-order valence-electron chi connectivity index (χ4n) is 3.69. The van der Waals surface area contributed by atoms with Crippen molar-refractivity contribution >= 4 is 23.8 Å². The van der Waals surface area contributed by atoms with Gasteiger partial charge in [0.2, 0.25) is 11.8 Å². The molecule has 0 radical (unpaired) electrons. The van der Waals surface area contributed by atoms with Crippen LogP contribution in [0.1, 0.15) is 25.0 Å². The fourth-order valence-corrected chi connectivity index (χ4v) is 3.69. The number of carbonyl (C=O) groups is 4. The summed E-state index contributed by atoms with van der Waals surface area (Å²) in [4.78, 5) is 50.4. The van der Waals surface area contributed by atoms with E-state index in [2.05, 4.69) is 5.32 Å². The highest BCUT2D eigenvalue weighted by Gasteiger charge is 2.44. The molecule has 0 fully saturated rings. The first-order chi connectivity index (χ1) is 15.2. The van der Waals surface area contributed by atoms with Gasteiger partial charge in [0, 0.05) is 5.92 Å². The molecule has 0 bridgehead atoms. The van der Waals surface area contributed by atoms with Gasteiger partial charge in [-0.1, -0.05) is 67.6 Å². The predicted octanol–water partition coefficient (Wildman–Crippen LogP) is 1.56. The number of carbonyl (C=O) groups excluding carboxylic acids is 4. The molecule has 3 N–H and O–H groups in total. The van der Waals surface area contributed by atoms with Gasteiger partial charge >= 0.3 is 11.9 Å². The van der Waals surface area contributed by atoms with Crippen molar-refractivity contribution in [1.29, 1.82) is 0 Å². The van der Waals surface area contributed by atoms with Gasteiger partial charge in [0.1, 0.15) is 6.04 Å². The Morgan fingerprint density at radius 2 is 1.25 bits per heavy atom. The molecule has 32 heavy (non-hydrogen) atoms. The van der Waals surface area contributed by atoms with Crippen molar-refractivity contribution in [3.63, 3.8) is 0 Å². The number of hydrogen-bond donors (Lipinski definition) is 2. The summed E-state index contributed by atoms with van der Waals surface area (Å²) in [6.07, 6.45) is 0. The van der Waals surface area contributed by atoms with Crippen LogP contribution in [0.2, 0.25) is 0 Å². The molecule has 0 heterocycles. The van der Waals surface area contributed by atoms with Crippen LogP contribution in [0.4, 0.5) is 0 Å². The largest absolute Gasteiger partial charge is 0.468 e. The second-order valence-corrected chi connectivity index (χ2v) is 7.59. The van der Waals surface area contributed by atoms with E-state index in [9.17, 15) is 19.2 Å². The van der Waals surface area contributed by atoms with E-state index in [1.165, 1.54) is 6.92 Å². The minimum Gasteiger partial charge on any atom is -0.468 e. The molecule has 2 rings (SSSR count). The maximum atomic E-state index is 13.6. The molecule has 0 aliphatic carbocycles. The standard InChI is InChI=1S/C24H28N2O6/c1-15(18(21(28)31-3)22(29)32-4)19(20(25)27)26-23(30)24(2,16-11-7-5-8-12-16)17-13-9-6-10-14-17/h5-15,18-19H,1-4H3,(H2,25,27)(H,26,30)/t15-,19-/m1/s1. The van der Waals surface area contributed by atoms with Gasteiger partial charge in [-0.2, -0.15) is 0 Å². The number of hydrogen-bond acceptors (Lipinski definition) is 6. The molecule has 0 aromatic heterocycles. The summed E-state index contributed by atoms with van der Waals surface area (Å²) in [6, 6.07) is 16.8. The third-order valence-electron chi connectivity index (χ3n) is 5.71. The minimum absolute atomic E-state index is 0.515. The molecule has 2 atom stereocenters. The summed E-state index contributed by atoms with van der Waals surface area (Å²) in [5.74, 6) is -5.65. The molecule has 8 heteroatoms. The number of benzene rings is 2. The van der Waals surface area contributed by atoms with Crippen molar-refractivity contribution in [2.45, 2.75) is 25.3 Å². The Morgan fingerprint density at radius 3 is 1.59 bits per heavy atom. The lowest BCUT2D eigenvalue weighted by Crippen LogP contribution is -2.56. The third kappa shape index (κ3) is 4.96. The van der Waals surface area contributed by atoms with E-state index < -0.39 is 47.0 Å². The van der Waals surface area contributed by atoms with Crippen LogP contribution < -0.4 is 11.1 Å². The van der Waals surface area contributed by atoms with Gasteiger partial charge in [-0.3, -0.25) is 19.2 Å². The topological polar surface area (TPSA) is 125 Å². The highest BCUT2D eigenvalue weighted by Crippen LogP contribution is 2.33. The van der Waals surface area contributed by atoms with Crippen molar-refractivity contribution in [1.82, 2.24) is 5.32 Å². The van der Waals surface area contributed by atoms with Crippen molar-refractivity contribution in [2.75, 3.05) is 14.2 Å². The smallest absolute Gasteiger partial charge is 0.320 e. The second kappa shape index (κ2) is 10.6. The molecule has 2 amide bonds. The highest BCUT2D eigenvalue weighted by atomic mass is 16.5. The van der Waals surface area contributed by atoms with E-state index in [1.807, 2.05) is 36.4 Å². The van der Waals surface area contributed by atoms with Crippen molar-refractivity contribution in [3.8, 4) is 0 Å². The maximum Gasteiger partial charge on any atom is 0.320 e. The number of nitrogens with two attached hydrogens (primary N) is 1. The monoisotopic (exact) mass is 440 g/mol. The number of primary amides is 1. The molecule has 0 unspecified atom stereocenters. The van der Waals surface area contributed by atoms with Gasteiger partial charge in [-0.15, -0.1) is 0 Å². The van der Waals surface area contributed by atoms with E-state index in [-0.39, 0.29) is 0 Å². The molecule has 0 saturated heterocycles. The van der Waals surface area contributed by atoms with Gasteiger partial charge in [0.25, 0.3) is 0 Å². The molecule has 0 aliphatic heterocycles. The van der Waals surface area contributed by atoms with Gasteiger partial charge in [-0.05, 0) is 18.1 Å². The summed E-state index contributed by atoms with van der Waals surface area (Å²) in [5.41, 5.74) is 5.77. The molecule has 2 aromatic rings. The van der Waals surface area contributed by atoms with Gasteiger partial charge in [-0.25, -0.2) is 0 Å². The van der Waals surface area contributed by atoms with Crippen LogP contribution in [0.25, 0.3) is 0 Å². The summed E-state index contributed by atoms with van der Waals surface area (Å²) < 4.78 is 9.39. The Kier molecular flexibility index (Phi) is 8.12. The minimum atomic E-state index is -1.44. The molecular weight excluding hydrogens is 412 g/mol. The molecule has 0 saturated carbocycles. The van der Waals surface area contributed by atoms with Crippen molar-refractivity contribution < 1.29 is 28.7 Å². The Balaban J connectivity index is 2.48. The lowest BCUT2D eigenvalue weighted by atomic mass is 9.75. The predicted molar refractivity (Wildman–Crippen MR) is 117 cm³/mol. The number of esters is 2. The summed E-state index contributed by atoms with van der Waals surface area (Å²) >= 11 is 0. The van der Waals surface area contributed by atoms with E-state index in [0.717, 1.165) is 14.2 Å². The first-order valence-corrected chi connectivity index (χ1v) is 10.1. The maximum absolute atomic E-state index is 13.6. The van der Waals surface area contributed by atoms with Crippen LogP contribution in [0.5, 0.6) is 0 Å². The molecule has 0 spiro atoms. The molecular formula is C24H28N2O6. The molecule has 2 aromatic carbocycles. The summed E-state index contributed by atoms with van der Waals surface area (Å²) in [7, 11) is 2.23. The van der Waals surface area contributed by atoms with Crippen molar-refractivity contribution in [2.24, 2.45) is 17.6 Å². The summed E-state index contributed by atoms with van der Waals surface area (Å²) in [5, 5.41) is 2.66. The Bertz CT molecular complexity index is 905. The zero-order valence-corrected chi connectivity index (χ0v) is 18.5. The van der Waals surface area contributed by atoms with Crippen LogP contribution >= 0.6 is 0 Å². The first-order valence-electron chi connectivity index (χ1n) is 10.1. The zero-order chi connectivity index (χ0) is 23.9. The van der Waals surface area contributed by atoms with Crippen molar-refractivity contribution in [3.05, 3.63) is 71.8 Å². The zero-order valence-electron chi connectivity index (χ0n) is 18.5. The van der Waals surface area contributed by atoms with Gasteiger partial charge < -0.3 is 20.5 Å². The van der Waals surface area contributed by atoms with Crippen LogP contribution in [0, 0.1) is 11.8 Å². The van der Waals surface area contributed by atoms with E-state index in [4.69, 9.17) is 15.2 Å². The van der Waals surface area contributed by atoms with Crippen LogP contribution in [0.15, 0.2) is 60.7 Å². The Labute approximate surface area is 187 Å². The number of amides is 2. The molecule has 0 aliphatic rings. The van der Waals surface area contributed by atoms with E-state index in [0.29, 0.717) is 11.1 Å². The first kappa shape index (κ1) is 24.6. The van der Waals surface area contributed by atoms with Gasteiger partial charge in [0.15, 0.2) is 5.92 Å². The molecule has 170 valence electrons. The number of ether oxygens (including phenoxy) is 2. The highest BCUT2D eigenvalue weighted by molar-refractivity contribution is 5.98. The average Bonchev–Trinajstić information content (AvgIpc) is 2.82.